The summed E-state index contributed by atoms with van der Waals surface area (Å²) in [6.45, 7) is 0. The fourth-order valence-corrected chi connectivity index (χ4v) is 1.35. The van der Waals surface area contributed by atoms with Crippen LogP contribution in [0.25, 0.3) is 0 Å². The van der Waals surface area contributed by atoms with Crippen molar-refractivity contribution in [3.05, 3.63) is 34.9 Å². The van der Waals surface area contributed by atoms with Crippen LogP contribution >= 0.6 is 27.5 Å². The Morgan fingerprint density at radius 3 is 2.64 bits per heavy atom. The van der Waals surface area contributed by atoms with Crippen molar-refractivity contribution in [2.24, 2.45) is 0 Å². The van der Waals surface area contributed by atoms with Gasteiger partial charge in [-0.15, -0.1) is 0 Å². The molecule has 0 unspecified atom stereocenters. The Hall–Kier alpha value is -0.480. The van der Waals surface area contributed by atoms with Crippen molar-refractivity contribution in [1.29, 1.82) is 0 Å². The summed E-state index contributed by atoms with van der Waals surface area (Å²) < 4.78 is 25.8. The van der Waals surface area contributed by atoms with E-state index in [1.54, 1.807) is 0 Å². The van der Waals surface area contributed by atoms with E-state index < -0.39 is 17.0 Å². The molecule has 0 spiro atoms. The van der Waals surface area contributed by atoms with Crippen molar-refractivity contribution < 1.29 is 13.6 Å². The first-order valence-electron chi connectivity index (χ1n) is 3.71. The van der Waals surface area contributed by atoms with Gasteiger partial charge >= 0.3 is 5.92 Å². The van der Waals surface area contributed by atoms with Crippen molar-refractivity contribution in [1.82, 2.24) is 0 Å². The topological polar surface area (TPSA) is 17.1 Å². The predicted octanol–water partition coefficient (Wildman–Crippen LogP) is 3.55. The molecular weight excluding hydrogens is 277 g/mol. The fraction of sp³-hybridized carbons (Fsp3) is 0.222. The van der Waals surface area contributed by atoms with E-state index in [0.29, 0.717) is 0 Å². The molecule has 14 heavy (non-hydrogen) atoms. The van der Waals surface area contributed by atoms with Crippen LogP contribution in [0.15, 0.2) is 24.3 Å². The van der Waals surface area contributed by atoms with Gasteiger partial charge in [0.2, 0.25) is 5.78 Å². The lowest BCUT2D eigenvalue weighted by molar-refractivity contribution is 0.0257. The van der Waals surface area contributed by atoms with Gasteiger partial charge in [0.15, 0.2) is 0 Å². The molecule has 0 radical (unpaired) electrons. The highest BCUT2D eigenvalue weighted by Crippen LogP contribution is 2.23. The van der Waals surface area contributed by atoms with Gasteiger partial charge in [0.1, 0.15) is 0 Å². The third-order valence-electron chi connectivity index (χ3n) is 1.59. The molecule has 0 saturated heterocycles. The molecular formula is C9H6BrClF2O. The molecule has 0 N–H and O–H groups in total. The number of carbonyl (C=O) groups is 1. The molecule has 0 heterocycles. The van der Waals surface area contributed by atoms with E-state index in [1.165, 1.54) is 24.3 Å². The van der Waals surface area contributed by atoms with E-state index in [0.717, 1.165) is 0 Å². The average molecular weight is 283 g/mol. The lowest BCUT2D eigenvalue weighted by Gasteiger charge is -2.11. The van der Waals surface area contributed by atoms with E-state index in [2.05, 4.69) is 15.9 Å². The first kappa shape index (κ1) is 11.6. The van der Waals surface area contributed by atoms with Gasteiger partial charge in [-0.05, 0) is 12.1 Å². The van der Waals surface area contributed by atoms with Crippen LogP contribution in [-0.2, 0) is 0 Å². The third-order valence-corrected chi connectivity index (χ3v) is 2.53. The smallest absolute Gasteiger partial charge is 0.287 e. The molecule has 0 atom stereocenters. The second-order valence-corrected chi connectivity index (χ2v) is 3.67. The highest BCUT2D eigenvalue weighted by molar-refractivity contribution is 9.09. The summed E-state index contributed by atoms with van der Waals surface area (Å²) in [6.07, 6.45) is 0. The molecule has 5 heteroatoms. The summed E-state index contributed by atoms with van der Waals surface area (Å²) in [5.41, 5.74) is -0.0815. The fourth-order valence-electron chi connectivity index (χ4n) is 0.902. The van der Waals surface area contributed by atoms with Crippen LogP contribution in [0.1, 0.15) is 10.4 Å². The van der Waals surface area contributed by atoms with Gasteiger partial charge in [-0.25, -0.2) is 0 Å². The number of Topliss-reactive ketones (excluding diaryl/α,β-unsaturated/α-hetero) is 1. The van der Waals surface area contributed by atoms with Crippen molar-refractivity contribution in [2.75, 3.05) is 5.33 Å². The maximum Gasteiger partial charge on any atom is 0.319 e. The first-order valence-corrected chi connectivity index (χ1v) is 5.21. The maximum absolute atomic E-state index is 12.9. The number of hydrogen-bond acceptors (Lipinski definition) is 1. The van der Waals surface area contributed by atoms with Crippen molar-refractivity contribution in [3.8, 4) is 0 Å². The lowest BCUT2D eigenvalue weighted by atomic mass is 10.1. The lowest BCUT2D eigenvalue weighted by Crippen LogP contribution is -2.30. The summed E-state index contributed by atoms with van der Waals surface area (Å²) in [6, 6.07) is 5.51. The van der Waals surface area contributed by atoms with Crippen LogP contribution in [0.5, 0.6) is 0 Å². The Labute approximate surface area is 93.2 Å². The van der Waals surface area contributed by atoms with Gasteiger partial charge < -0.3 is 0 Å². The predicted molar refractivity (Wildman–Crippen MR) is 54.5 cm³/mol. The van der Waals surface area contributed by atoms with Crippen LogP contribution in [-0.4, -0.2) is 17.0 Å². The van der Waals surface area contributed by atoms with E-state index in [4.69, 9.17) is 11.6 Å². The SMILES string of the molecule is O=C(c1cccc(Cl)c1)C(F)(F)CBr. The van der Waals surface area contributed by atoms with Crippen LogP contribution in [0.4, 0.5) is 8.78 Å². The molecule has 1 rings (SSSR count). The van der Waals surface area contributed by atoms with E-state index >= 15 is 0 Å². The molecule has 0 saturated carbocycles. The third kappa shape index (κ3) is 2.51. The minimum absolute atomic E-state index is 0.0815. The Balaban J connectivity index is 3.01. The summed E-state index contributed by atoms with van der Waals surface area (Å²) in [5, 5.41) is -0.424. The van der Waals surface area contributed by atoms with Gasteiger partial charge in [-0.2, -0.15) is 8.78 Å². The molecule has 0 amide bonds. The zero-order valence-electron chi connectivity index (χ0n) is 6.94. The largest absolute Gasteiger partial charge is 0.319 e. The Morgan fingerprint density at radius 2 is 2.14 bits per heavy atom. The number of rotatable bonds is 3. The molecule has 1 aromatic carbocycles. The number of benzene rings is 1. The summed E-state index contributed by atoms with van der Waals surface area (Å²) in [4.78, 5) is 11.2. The highest BCUT2D eigenvalue weighted by Gasteiger charge is 2.37. The minimum Gasteiger partial charge on any atom is -0.287 e. The number of halogens is 4. The van der Waals surface area contributed by atoms with Crippen LogP contribution in [0.2, 0.25) is 5.02 Å². The second-order valence-electron chi connectivity index (χ2n) is 2.68. The van der Waals surface area contributed by atoms with Crippen molar-refractivity contribution >= 4 is 33.3 Å². The van der Waals surface area contributed by atoms with E-state index in [9.17, 15) is 13.6 Å². The van der Waals surface area contributed by atoms with Crippen molar-refractivity contribution in [3.63, 3.8) is 0 Å². The van der Waals surface area contributed by atoms with Gasteiger partial charge in [-0.1, -0.05) is 39.7 Å². The normalized spacial score (nSPS) is 11.4. The van der Waals surface area contributed by atoms with Gasteiger partial charge in [0, 0.05) is 10.6 Å². The molecule has 1 nitrogen and oxygen atoms in total. The molecule has 0 aromatic heterocycles. The monoisotopic (exact) mass is 282 g/mol. The maximum atomic E-state index is 12.9. The van der Waals surface area contributed by atoms with Crippen LogP contribution < -0.4 is 0 Å². The number of hydrogen-bond donors (Lipinski definition) is 0. The standard InChI is InChI=1S/C9H6BrClF2O/c10-5-9(12,13)8(14)6-2-1-3-7(11)4-6/h1-4H,5H2. The quantitative estimate of drug-likeness (QED) is 0.612. The Bertz CT molecular complexity index is 354. The second kappa shape index (κ2) is 4.36. The average Bonchev–Trinajstić information content (AvgIpc) is 2.16. The Morgan fingerprint density at radius 1 is 1.50 bits per heavy atom. The van der Waals surface area contributed by atoms with Gasteiger partial charge in [0.05, 0.1) is 5.33 Å². The molecule has 0 aliphatic carbocycles. The van der Waals surface area contributed by atoms with Gasteiger partial charge in [0.25, 0.3) is 0 Å². The van der Waals surface area contributed by atoms with Crippen LogP contribution in [0.3, 0.4) is 0 Å². The molecule has 0 aliphatic rings. The van der Waals surface area contributed by atoms with Crippen LogP contribution in [0, 0.1) is 0 Å². The zero-order chi connectivity index (χ0) is 10.8. The summed E-state index contributed by atoms with van der Waals surface area (Å²) in [5.74, 6) is -4.61. The summed E-state index contributed by atoms with van der Waals surface area (Å²) in [7, 11) is 0. The number of alkyl halides is 3. The molecule has 0 bridgehead atoms. The Kier molecular flexibility index (Phi) is 3.61. The zero-order valence-corrected chi connectivity index (χ0v) is 9.28. The molecule has 1 aromatic rings. The number of ketones is 1. The molecule has 0 aliphatic heterocycles. The van der Waals surface area contributed by atoms with E-state index in [1.807, 2.05) is 0 Å². The summed E-state index contributed by atoms with van der Waals surface area (Å²) >= 11 is 8.16. The van der Waals surface area contributed by atoms with E-state index in [-0.39, 0.29) is 10.6 Å². The molecule has 0 fully saturated rings. The van der Waals surface area contributed by atoms with Gasteiger partial charge in [-0.3, -0.25) is 4.79 Å². The minimum atomic E-state index is -3.38. The highest BCUT2D eigenvalue weighted by atomic mass is 79.9. The number of carbonyl (C=O) groups excluding carboxylic acids is 1. The first-order chi connectivity index (χ1) is 6.47. The van der Waals surface area contributed by atoms with Crippen molar-refractivity contribution in [2.45, 2.75) is 5.92 Å². The molecule has 76 valence electrons.